The Morgan fingerprint density at radius 3 is 2.06 bits per heavy atom. The Balaban J connectivity index is 2.26. The van der Waals surface area contributed by atoms with Gasteiger partial charge in [-0.1, -0.05) is 44.2 Å². The van der Waals surface area contributed by atoms with Gasteiger partial charge in [0, 0.05) is 24.3 Å². The van der Waals surface area contributed by atoms with Crippen molar-refractivity contribution in [1.82, 2.24) is 0 Å². The first-order valence-corrected chi connectivity index (χ1v) is 6.06. The van der Waals surface area contributed by atoms with Gasteiger partial charge in [-0.3, -0.25) is 0 Å². The van der Waals surface area contributed by atoms with Crippen molar-refractivity contribution in [2.24, 2.45) is 11.7 Å². The number of nitrogens with two attached hydrogens (primary N) is 1. The number of hydrogen-bond acceptors (Lipinski definition) is 1. The minimum absolute atomic E-state index is 0.00308. The molecule has 0 amide bonds. The lowest BCUT2D eigenvalue weighted by Gasteiger charge is -2.51. The highest BCUT2D eigenvalue weighted by atomic mass is 19.3. The predicted molar refractivity (Wildman–Crippen MR) is 65.1 cm³/mol. The van der Waals surface area contributed by atoms with E-state index in [1.807, 2.05) is 44.2 Å². The molecule has 0 heterocycles. The molecule has 17 heavy (non-hydrogen) atoms. The quantitative estimate of drug-likeness (QED) is 0.857. The molecule has 1 atom stereocenters. The van der Waals surface area contributed by atoms with Crippen molar-refractivity contribution in [3.8, 4) is 0 Å². The van der Waals surface area contributed by atoms with Crippen LogP contribution in [-0.2, 0) is 0 Å². The topological polar surface area (TPSA) is 26.0 Å². The lowest BCUT2D eigenvalue weighted by Crippen LogP contribution is -2.62. The molecule has 1 aliphatic rings. The largest absolute Gasteiger partial charge is 0.324 e. The second kappa shape index (κ2) is 4.05. The molecule has 1 saturated carbocycles. The SMILES string of the molecule is CC(C)C(c1ccccc1)C1(N)CC(F)(F)C1. The van der Waals surface area contributed by atoms with E-state index < -0.39 is 11.5 Å². The average molecular weight is 239 g/mol. The fraction of sp³-hybridized carbons (Fsp3) is 0.571. The molecular weight excluding hydrogens is 220 g/mol. The molecule has 2 rings (SSSR count). The molecule has 0 saturated heterocycles. The van der Waals surface area contributed by atoms with Crippen molar-refractivity contribution in [3.05, 3.63) is 35.9 Å². The summed E-state index contributed by atoms with van der Waals surface area (Å²) >= 11 is 0. The second-order valence-corrected chi connectivity index (χ2v) is 5.58. The van der Waals surface area contributed by atoms with Crippen molar-refractivity contribution >= 4 is 0 Å². The maximum absolute atomic E-state index is 13.1. The number of hydrogen-bond donors (Lipinski definition) is 1. The van der Waals surface area contributed by atoms with Gasteiger partial charge in [-0.05, 0) is 11.5 Å². The first-order chi connectivity index (χ1) is 7.84. The summed E-state index contributed by atoms with van der Waals surface area (Å²) in [6, 6.07) is 9.76. The Morgan fingerprint density at radius 1 is 1.12 bits per heavy atom. The van der Waals surface area contributed by atoms with Gasteiger partial charge >= 0.3 is 0 Å². The van der Waals surface area contributed by atoms with E-state index in [1.54, 1.807) is 0 Å². The zero-order chi connectivity index (χ0) is 12.7. The Kier molecular flexibility index (Phi) is 2.98. The van der Waals surface area contributed by atoms with Gasteiger partial charge in [0.25, 0.3) is 5.92 Å². The molecule has 1 unspecified atom stereocenters. The summed E-state index contributed by atoms with van der Waals surface area (Å²) in [4.78, 5) is 0. The van der Waals surface area contributed by atoms with Crippen molar-refractivity contribution in [1.29, 1.82) is 0 Å². The van der Waals surface area contributed by atoms with Gasteiger partial charge in [0.15, 0.2) is 0 Å². The molecule has 0 aromatic heterocycles. The van der Waals surface area contributed by atoms with Crippen LogP contribution in [0.1, 0.15) is 38.2 Å². The summed E-state index contributed by atoms with van der Waals surface area (Å²) < 4.78 is 26.2. The van der Waals surface area contributed by atoms with Crippen LogP contribution in [0.2, 0.25) is 0 Å². The number of alkyl halides is 2. The van der Waals surface area contributed by atoms with Gasteiger partial charge < -0.3 is 5.73 Å². The summed E-state index contributed by atoms with van der Waals surface area (Å²) in [6.45, 7) is 4.09. The standard InChI is InChI=1S/C14H19F2N/c1-10(2)12(11-6-4-3-5-7-11)13(17)8-14(15,16)9-13/h3-7,10,12H,8-9,17H2,1-2H3. The molecule has 1 nitrogen and oxygen atoms in total. The third-order valence-electron chi connectivity index (χ3n) is 3.62. The smallest absolute Gasteiger partial charge is 0.251 e. The van der Waals surface area contributed by atoms with E-state index in [4.69, 9.17) is 5.73 Å². The number of halogens is 2. The van der Waals surface area contributed by atoms with E-state index in [9.17, 15) is 8.78 Å². The van der Waals surface area contributed by atoms with Gasteiger partial charge in [0.2, 0.25) is 0 Å². The molecule has 0 spiro atoms. The fourth-order valence-corrected chi connectivity index (χ4v) is 3.17. The Labute approximate surface area is 101 Å². The van der Waals surface area contributed by atoms with E-state index in [0.29, 0.717) is 0 Å². The Bertz CT molecular complexity index is 378. The summed E-state index contributed by atoms with van der Waals surface area (Å²) in [5.41, 5.74) is 6.49. The van der Waals surface area contributed by atoms with E-state index in [0.717, 1.165) is 5.56 Å². The molecule has 0 aliphatic heterocycles. The molecule has 3 heteroatoms. The van der Waals surface area contributed by atoms with Crippen LogP contribution in [0, 0.1) is 5.92 Å². The zero-order valence-electron chi connectivity index (χ0n) is 10.3. The molecule has 2 N–H and O–H groups in total. The van der Waals surface area contributed by atoms with Gasteiger partial charge in [-0.25, -0.2) is 8.78 Å². The normalized spacial score (nSPS) is 23.2. The summed E-state index contributed by atoms with van der Waals surface area (Å²) in [5, 5.41) is 0. The maximum Gasteiger partial charge on any atom is 0.251 e. The number of rotatable bonds is 3. The highest BCUT2D eigenvalue weighted by Gasteiger charge is 2.58. The van der Waals surface area contributed by atoms with Crippen LogP contribution in [0.5, 0.6) is 0 Å². The molecule has 94 valence electrons. The highest BCUT2D eigenvalue weighted by Crippen LogP contribution is 2.52. The van der Waals surface area contributed by atoms with Crippen LogP contribution in [0.15, 0.2) is 30.3 Å². The third-order valence-corrected chi connectivity index (χ3v) is 3.62. The molecule has 1 aromatic rings. The van der Waals surface area contributed by atoms with Crippen molar-refractivity contribution < 1.29 is 8.78 Å². The summed E-state index contributed by atoms with van der Waals surface area (Å²) in [5.74, 6) is -2.31. The van der Waals surface area contributed by atoms with E-state index in [1.165, 1.54) is 0 Å². The first-order valence-electron chi connectivity index (χ1n) is 6.06. The predicted octanol–water partition coefficient (Wildman–Crippen LogP) is 3.55. The monoisotopic (exact) mass is 239 g/mol. The fourth-order valence-electron chi connectivity index (χ4n) is 3.17. The van der Waals surface area contributed by atoms with Crippen LogP contribution in [0.4, 0.5) is 8.78 Å². The highest BCUT2D eigenvalue weighted by molar-refractivity contribution is 5.27. The van der Waals surface area contributed by atoms with E-state index in [-0.39, 0.29) is 24.7 Å². The average Bonchev–Trinajstić information content (AvgIpc) is 2.15. The minimum atomic E-state index is -2.57. The van der Waals surface area contributed by atoms with Gasteiger partial charge in [0.1, 0.15) is 0 Å². The molecule has 0 bridgehead atoms. The molecule has 1 fully saturated rings. The maximum atomic E-state index is 13.1. The van der Waals surface area contributed by atoms with Crippen LogP contribution in [0.25, 0.3) is 0 Å². The van der Waals surface area contributed by atoms with Crippen LogP contribution >= 0.6 is 0 Å². The van der Waals surface area contributed by atoms with Gasteiger partial charge in [-0.15, -0.1) is 0 Å². The molecule has 1 aliphatic carbocycles. The van der Waals surface area contributed by atoms with Gasteiger partial charge in [-0.2, -0.15) is 0 Å². The van der Waals surface area contributed by atoms with Gasteiger partial charge in [0.05, 0.1) is 0 Å². The van der Waals surface area contributed by atoms with Crippen molar-refractivity contribution in [2.75, 3.05) is 0 Å². The zero-order valence-corrected chi connectivity index (χ0v) is 10.3. The molecular formula is C14H19F2N. The lowest BCUT2D eigenvalue weighted by molar-refractivity contribution is -0.133. The summed E-state index contributed by atoms with van der Waals surface area (Å²) in [7, 11) is 0. The van der Waals surface area contributed by atoms with Crippen LogP contribution in [-0.4, -0.2) is 11.5 Å². The van der Waals surface area contributed by atoms with E-state index in [2.05, 4.69) is 0 Å². The number of benzene rings is 1. The Morgan fingerprint density at radius 2 is 1.65 bits per heavy atom. The molecule has 0 radical (unpaired) electrons. The van der Waals surface area contributed by atoms with Crippen molar-refractivity contribution in [2.45, 2.75) is 44.1 Å². The van der Waals surface area contributed by atoms with Crippen molar-refractivity contribution in [3.63, 3.8) is 0 Å². The lowest BCUT2D eigenvalue weighted by atomic mass is 9.61. The first kappa shape index (κ1) is 12.5. The third kappa shape index (κ3) is 2.34. The summed E-state index contributed by atoms with van der Waals surface area (Å²) in [6.07, 6.45) is -0.393. The second-order valence-electron chi connectivity index (χ2n) is 5.58. The molecule has 1 aromatic carbocycles. The minimum Gasteiger partial charge on any atom is -0.324 e. The van der Waals surface area contributed by atoms with Crippen LogP contribution in [0.3, 0.4) is 0 Å². The Hall–Kier alpha value is -0.960. The van der Waals surface area contributed by atoms with E-state index >= 15 is 0 Å². The van der Waals surface area contributed by atoms with Crippen LogP contribution < -0.4 is 5.73 Å².